The van der Waals surface area contributed by atoms with Gasteiger partial charge in [-0.05, 0) is 19.4 Å². The highest BCUT2D eigenvalue weighted by Crippen LogP contribution is 2.28. The van der Waals surface area contributed by atoms with Crippen LogP contribution in [0.25, 0.3) is 0 Å². The first kappa shape index (κ1) is 23.2. The van der Waals surface area contributed by atoms with Crippen molar-refractivity contribution >= 4 is 11.7 Å². The second-order valence-corrected chi connectivity index (χ2v) is 7.63. The number of rotatable bonds is 10. The van der Waals surface area contributed by atoms with Gasteiger partial charge < -0.3 is 9.84 Å². The van der Waals surface area contributed by atoms with Gasteiger partial charge >= 0.3 is 5.97 Å². The molecule has 0 amide bonds. The molecule has 0 bridgehead atoms. The molecule has 0 aliphatic heterocycles. The molecule has 0 aliphatic rings. The fraction of sp³-hybridized carbons (Fsp3) is 0.214. The Labute approximate surface area is 189 Å². The second kappa shape index (κ2) is 11.2. The Morgan fingerprint density at radius 3 is 1.91 bits per heavy atom. The number of carbonyl (C=O) groups is 1. The van der Waals surface area contributed by atoms with E-state index in [-0.39, 0.29) is 6.42 Å². The Kier molecular flexibility index (Phi) is 8.12. The van der Waals surface area contributed by atoms with E-state index in [0.29, 0.717) is 12.3 Å². The minimum absolute atomic E-state index is 0.220. The molecule has 2 atom stereocenters. The molecule has 3 aromatic rings. The summed E-state index contributed by atoms with van der Waals surface area (Å²) in [6.07, 6.45) is 3.24. The summed E-state index contributed by atoms with van der Waals surface area (Å²) in [6, 6.07) is 29.1. The molecule has 164 valence electrons. The highest BCUT2D eigenvalue weighted by molar-refractivity contribution is 6.13. The Morgan fingerprint density at radius 1 is 0.938 bits per heavy atom. The number of hydrogen-bond donors (Lipinski definition) is 1. The average molecular weight is 428 g/mol. The molecule has 0 radical (unpaired) electrons. The number of carboxylic acids is 1. The zero-order valence-corrected chi connectivity index (χ0v) is 18.5. The van der Waals surface area contributed by atoms with Crippen LogP contribution in [-0.4, -0.2) is 28.4 Å². The molecule has 4 heteroatoms. The van der Waals surface area contributed by atoms with E-state index in [1.807, 2.05) is 110 Å². The summed E-state index contributed by atoms with van der Waals surface area (Å²) < 4.78 is 6.10. The Bertz CT molecular complexity index is 1000. The Morgan fingerprint density at radius 2 is 1.44 bits per heavy atom. The summed E-state index contributed by atoms with van der Waals surface area (Å²) >= 11 is 0. The highest BCUT2D eigenvalue weighted by Gasteiger charge is 2.44. The lowest BCUT2D eigenvalue weighted by Crippen LogP contribution is -2.48. The van der Waals surface area contributed by atoms with E-state index in [1.54, 1.807) is 6.92 Å². The van der Waals surface area contributed by atoms with Gasteiger partial charge in [-0.15, -0.1) is 0 Å². The van der Waals surface area contributed by atoms with E-state index in [1.165, 1.54) is 0 Å². The molecule has 3 rings (SSSR count). The van der Waals surface area contributed by atoms with E-state index in [4.69, 9.17) is 9.73 Å². The van der Waals surface area contributed by atoms with Crippen LogP contribution in [0.15, 0.2) is 108 Å². The third-order valence-corrected chi connectivity index (χ3v) is 5.46. The summed E-state index contributed by atoms with van der Waals surface area (Å²) in [5, 5.41) is 10.4. The first-order valence-electron chi connectivity index (χ1n) is 10.8. The van der Waals surface area contributed by atoms with Gasteiger partial charge in [-0.1, -0.05) is 103 Å². The summed E-state index contributed by atoms with van der Waals surface area (Å²) in [6.45, 7) is 3.98. The van der Waals surface area contributed by atoms with E-state index in [9.17, 15) is 9.90 Å². The summed E-state index contributed by atoms with van der Waals surface area (Å²) in [7, 11) is 0. The second-order valence-electron chi connectivity index (χ2n) is 7.63. The topological polar surface area (TPSA) is 58.9 Å². The number of aliphatic imine (C=N–C) groups is 1. The number of hydrogen-bond acceptors (Lipinski definition) is 3. The number of ether oxygens (including phenoxy) is 1. The van der Waals surface area contributed by atoms with Gasteiger partial charge in [0.2, 0.25) is 0 Å². The lowest BCUT2D eigenvalue weighted by Gasteiger charge is -2.32. The average Bonchev–Trinajstić information content (AvgIpc) is 2.84. The molecular formula is C28H29NO3. The molecule has 2 unspecified atom stereocenters. The Hall–Kier alpha value is -3.50. The van der Waals surface area contributed by atoms with Crippen molar-refractivity contribution < 1.29 is 14.6 Å². The molecule has 0 saturated heterocycles. The van der Waals surface area contributed by atoms with Gasteiger partial charge in [0.15, 0.2) is 5.54 Å². The number of nitrogens with zero attached hydrogens (tertiary/aromatic N) is 1. The largest absolute Gasteiger partial charge is 0.479 e. The van der Waals surface area contributed by atoms with Gasteiger partial charge in [0.05, 0.1) is 18.4 Å². The molecule has 0 fully saturated rings. The number of allylic oxidation sites excluding steroid dienone is 1. The molecule has 4 nitrogen and oxygen atoms in total. The van der Waals surface area contributed by atoms with Gasteiger partial charge in [0.25, 0.3) is 0 Å². The van der Waals surface area contributed by atoms with Crippen molar-refractivity contribution in [2.45, 2.75) is 38.5 Å². The number of carboxylic acid groups (broad SMARTS) is 1. The van der Waals surface area contributed by atoms with E-state index in [2.05, 4.69) is 0 Å². The summed E-state index contributed by atoms with van der Waals surface area (Å²) in [4.78, 5) is 17.7. The van der Waals surface area contributed by atoms with Gasteiger partial charge in [-0.2, -0.15) is 0 Å². The quantitative estimate of drug-likeness (QED) is 0.323. The fourth-order valence-electron chi connectivity index (χ4n) is 3.53. The van der Waals surface area contributed by atoms with E-state index in [0.717, 1.165) is 16.7 Å². The molecule has 0 aliphatic carbocycles. The fourth-order valence-corrected chi connectivity index (χ4v) is 3.53. The Balaban J connectivity index is 2.09. The lowest BCUT2D eigenvalue weighted by atomic mass is 9.88. The molecule has 0 heterocycles. The first-order valence-corrected chi connectivity index (χ1v) is 10.8. The molecule has 1 N–H and O–H groups in total. The lowest BCUT2D eigenvalue weighted by molar-refractivity contribution is -0.149. The van der Waals surface area contributed by atoms with E-state index < -0.39 is 17.6 Å². The van der Waals surface area contributed by atoms with Gasteiger partial charge in [-0.25, -0.2) is 4.79 Å². The van der Waals surface area contributed by atoms with Crippen LogP contribution >= 0.6 is 0 Å². The molecule has 0 spiro atoms. The van der Waals surface area contributed by atoms with Crippen LogP contribution < -0.4 is 0 Å². The van der Waals surface area contributed by atoms with Crippen LogP contribution in [0.1, 0.15) is 37.0 Å². The van der Waals surface area contributed by atoms with Crippen LogP contribution in [0.2, 0.25) is 0 Å². The molecule has 32 heavy (non-hydrogen) atoms. The monoisotopic (exact) mass is 427 g/mol. The van der Waals surface area contributed by atoms with Crippen LogP contribution in [0.3, 0.4) is 0 Å². The minimum Gasteiger partial charge on any atom is -0.479 e. The normalized spacial score (nSPS) is 13.9. The summed E-state index contributed by atoms with van der Waals surface area (Å²) in [5.74, 6) is -1.01. The molecular weight excluding hydrogens is 398 g/mol. The maximum Gasteiger partial charge on any atom is 0.334 e. The van der Waals surface area contributed by atoms with Crippen molar-refractivity contribution in [1.29, 1.82) is 0 Å². The van der Waals surface area contributed by atoms with Crippen molar-refractivity contribution in [3.63, 3.8) is 0 Å². The first-order chi connectivity index (χ1) is 15.6. The zero-order chi connectivity index (χ0) is 22.8. The minimum atomic E-state index is -1.48. The smallest absolute Gasteiger partial charge is 0.334 e. The molecule has 0 saturated carbocycles. The standard InChI is InChI=1S/C28H29NO3/c1-3-4-20-28(27(30)31,22(2)32-21-23-14-8-5-9-15-23)29-26(24-16-10-6-11-17-24)25-18-12-7-13-19-25/h3-19,22H,20-21H2,1-2H3,(H,30,31)/b4-3+. The predicted molar refractivity (Wildman–Crippen MR) is 129 cm³/mol. The van der Waals surface area contributed by atoms with Crippen LogP contribution in [-0.2, 0) is 16.1 Å². The van der Waals surface area contributed by atoms with Crippen molar-refractivity contribution in [3.05, 3.63) is 120 Å². The SMILES string of the molecule is C/C=C/CC(N=C(c1ccccc1)c1ccccc1)(C(=O)O)C(C)OCc1ccccc1. The van der Waals surface area contributed by atoms with Crippen molar-refractivity contribution in [2.24, 2.45) is 4.99 Å². The van der Waals surface area contributed by atoms with E-state index >= 15 is 0 Å². The maximum atomic E-state index is 12.8. The van der Waals surface area contributed by atoms with Gasteiger partial charge in [0, 0.05) is 17.5 Å². The zero-order valence-electron chi connectivity index (χ0n) is 18.5. The number of benzene rings is 3. The molecule has 3 aromatic carbocycles. The van der Waals surface area contributed by atoms with Gasteiger partial charge in [-0.3, -0.25) is 4.99 Å². The van der Waals surface area contributed by atoms with Crippen molar-refractivity contribution in [1.82, 2.24) is 0 Å². The van der Waals surface area contributed by atoms with Crippen molar-refractivity contribution in [2.75, 3.05) is 0 Å². The van der Waals surface area contributed by atoms with Crippen LogP contribution in [0.5, 0.6) is 0 Å². The summed E-state index contributed by atoms with van der Waals surface area (Å²) in [5.41, 5.74) is 1.86. The maximum absolute atomic E-state index is 12.8. The van der Waals surface area contributed by atoms with Crippen molar-refractivity contribution in [3.8, 4) is 0 Å². The van der Waals surface area contributed by atoms with Crippen LogP contribution in [0.4, 0.5) is 0 Å². The third kappa shape index (κ3) is 5.59. The number of aliphatic carboxylic acids is 1. The van der Waals surface area contributed by atoms with Crippen LogP contribution in [0, 0.1) is 0 Å². The molecule has 0 aromatic heterocycles. The highest BCUT2D eigenvalue weighted by atomic mass is 16.5. The predicted octanol–water partition coefficient (Wildman–Crippen LogP) is 5.92. The van der Waals surface area contributed by atoms with Gasteiger partial charge in [0.1, 0.15) is 0 Å². The third-order valence-electron chi connectivity index (χ3n) is 5.46.